The third kappa shape index (κ3) is 3.67. The van der Waals surface area contributed by atoms with Gasteiger partial charge in [0.2, 0.25) is 5.91 Å². The average Bonchev–Trinajstić information content (AvgIpc) is 3.53. The monoisotopic (exact) mass is 342 g/mol. The maximum Gasteiger partial charge on any atom is 0.256 e. The highest BCUT2D eigenvalue weighted by atomic mass is 16.2. The Morgan fingerprint density at radius 2 is 1.48 bits per heavy atom. The van der Waals surface area contributed by atoms with Crippen molar-refractivity contribution < 1.29 is 9.59 Å². The molecule has 2 amide bonds. The van der Waals surface area contributed by atoms with Gasteiger partial charge in [-0.25, -0.2) is 9.97 Å². The molecule has 2 aliphatic heterocycles. The SMILES string of the molecule is O=C(c1cnc(C2CC2)nc1)N1CCC(C(=O)N2CCCCC2)CC1. The van der Waals surface area contributed by atoms with Crippen LogP contribution in [0.5, 0.6) is 0 Å². The number of hydrogen-bond acceptors (Lipinski definition) is 4. The molecule has 1 aromatic rings. The van der Waals surface area contributed by atoms with E-state index < -0.39 is 0 Å². The Labute approximate surface area is 148 Å². The normalized spacial score (nSPS) is 22.1. The first-order valence-electron chi connectivity index (χ1n) is 9.62. The van der Waals surface area contributed by atoms with Gasteiger partial charge in [-0.05, 0) is 44.9 Å². The second-order valence-electron chi connectivity index (χ2n) is 7.56. The first kappa shape index (κ1) is 16.5. The fourth-order valence-corrected chi connectivity index (χ4v) is 3.89. The van der Waals surface area contributed by atoms with Crippen molar-refractivity contribution in [3.63, 3.8) is 0 Å². The second-order valence-corrected chi connectivity index (χ2v) is 7.56. The van der Waals surface area contributed by atoms with Crippen molar-refractivity contribution in [2.45, 2.75) is 50.9 Å². The topological polar surface area (TPSA) is 66.4 Å². The molecule has 4 rings (SSSR count). The zero-order valence-electron chi connectivity index (χ0n) is 14.7. The summed E-state index contributed by atoms with van der Waals surface area (Å²) in [6, 6.07) is 0. The molecule has 1 saturated carbocycles. The van der Waals surface area contributed by atoms with Crippen molar-refractivity contribution in [2.75, 3.05) is 26.2 Å². The van der Waals surface area contributed by atoms with E-state index in [4.69, 9.17) is 0 Å². The van der Waals surface area contributed by atoms with Crippen molar-refractivity contribution in [3.05, 3.63) is 23.8 Å². The van der Waals surface area contributed by atoms with Gasteiger partial charge in [0, 0.05) is 50.4 Å². The van der Waals surface area contributed by atoms with Crippen LogP contribution < -0.4 is 0 Å². The summed E-state index contributed by atoms with van der Waals surface area (Å²) in [5, 5.41) is 0. The predicted molar refractivity (Wildman–Crippen MR) is 93.1 cm³/mol. The molecule has 0 unspecified atom stereocenters. The number of hydrogen-bond donors (Lipinski definition) is 0. The van der Waals surface area contributed by atoms with Gasteiger partial charge in [-0.3, -0.25) is 9.59 Å². The van der Waals surface area contributed by atoms with E-state index in [1.807, 2.05) is 9.80 Å². The van der Waals surface area contributed by atoms with Crippen LogP contribution in [0.2, 0.25) is 0 Å². The lowest BCUT2D eigenvalue weighted by Crippen LogP contribution is -2.45. The molecular weight excluding hydrogens is 316 g/mol. The predicted octanol–water partition coefficient (Wildman–Crippen LogP) is 2.22. The van der Waals surface area contributed by atoms with Crippen LogP contribution in [0.4, 0.5) is 0 Å². The lowest BCUT2D eigenvalue weighted by Gasteiger charge is -2.35. The summed E-state index contributed by atoms with van der Waals surface area (Å²) in [7, 11) is 0. The van der Waals surface area contributed by atoms with Gasteiger partial charge in [-0.1, -0.05) is 0 Å². The Hall–Kier alpha value is -1.98. The first-order chi connectivity index (χ1) is 12.2. The van der Waals surface area contributed by atoms with E-state index in [1.54, 1.807) is 12.4 Å². The molecule has 0 atom stereocenters. The molecule has 3 heterocycles. The van der Waals surface area contributed by atoms with Crippen molar-refractivity contribution in [1.29, 1.82) is 0 Å². The van der Waals surface area contributed by atoms with E-state index in [1.165, 1.54) is 6.42 Å². The lowest BCUT2D eigenvalue weighted by molar-refractivity contribution is -0.137. The number of carbonyl (C=O) groups excluding carboxylic acids is 2. The molecule has 3 aliphatic rings. The highest BCUT2D eigenvalue weighted by Crippen LogP contribution is 2.37. The Morgan fingerprint density at radius 1 is 0.840 bits per heavy atom. The van der Waals surface area contributed by atoms with E-state index in [9.17, 15) is 9.59 Å². The molecule has 6 heteroatoms. The fraction of sp³-hybridized carbons (Fsp3) is 0.684. The number of rotatable bonds is 3. The molecule has 2 saturated heterocycles. The van der Waals surface area contributed by atoms with Crippen molar-refractivity contribution in [2.24, 2.45) is 5.92 Å². The molecule has 3 fully saturated rings. The molecule has 0 N–H and O–H groups in total. The van der Waals surface area contributed by atoms with Crippen LogP contribution in [0.25, 0.3) is 0 Å². The van der Waals surface area contributed by atoms with Gasteiger partial charge in [0.05, 0.1) is 5.56 Å². The molecule has 6 nitrogen and oxygen atoms in total. The molecule has 0 aromatic carbocycles. The summed E-state index contributed by atoms with van der Waals surface area (Å²) < 4.78 is 0. The van der Waals surface area contributed by atoms with E-state index in [2.05, 4.69) is 9.97 Å². The number of carbonyl (C=O) groups is 2. The van der Waals surface area contributed by atoms with Crippen LogP contribution in [0.1, 0.15) is 67.0 Å². The van der Waals surface area contributed by atoms with E-state index in [0.717, 1.165) is 57.4 Å². The molecule has 0 spiro atoms. The highest BCUT2D eigenvalue weighted by Gasteiger charge is 2.31. The smallest absolute Gasteiger partial charge is 0.256 e. The Kier molecular flexibility index (Phi) is 4.68. The summed E-state index contributed by atoms with van der Waals surface area (Å²) in [4.78, 5) is 37.8. The number of nitrogens with zero attached hydrogens (tertiary/aromatic N) is 4. The molecule has 1 aliphatic carbocycles. The van der Waals surface area contributed by atoms with Gasteiger partial charge in [0.15, 0.2) is 0 Å². The van der Waals surface area contributed by atoms with E-state index >= 15 is 0 Å². The summed E-state index contributed by atoms with van der Waals surface area (Å²) in [6.45, 7) is 3.10. The minimum Gasteiger partial charge on any atom is -0.342 e. The van der Waals surface area contributed by atoms with Crippen LogP contribution in [0.15, 0.2) is 12.4 Å². The largest absolute Gasteiger partial charge is 0.342 e. The van der Waals surface area contributed by atoms with Crippen LogP contribution in [-0.2, 0) is 4.79 Å². The van der Waals surface area contributed by atoms with Crippen LogP contribution in [-0.4, -0.2) is 57.8 Å². The van der Waals surface area contributed by atoms with Crippen LogP contribution >= 0.6 is 0 Å². The number of aromatic nitrogens is 2. The number of likely N-dealkylation sites (tertiary alicyclic amines) is 2. The van der Waals surface area contributed by atoms with Crippen molar-refractivity contribution >= 4 is 11.8 Å². The third-order valence-corrected chi connectivity index (χ3v) is 5.66. The van der Waals surface area contributed by atoms with Gasteiger partial charge in [-0.15, -0.1) is 0 Å². The molecule has 1 aromatic heterocycles. The molecular formula is C19H26N4O2. The maximum absolute atomic E-state index is 12.6. The highest BCUT2D eigenvalue weighted by molar-refractivity contribution is 5.93. The Bertz CT molecular complexity index is 627. The summed E-state index contributed by atoms with van der Waals surface area (Å²) in [5.41, 5.74) is 0.560. The summed E-state index contributed by atoms with van der Waals surface area (Å²) in [5.74, 6) is 1.73. The van der Waals surface area contributed by atoms with Gasteiger partial charge in [0.25, 0.3) is 5.91 Å². The molecule has 0 bridgehead atoms. The second kappa shape index (κ2) is 7.10. The maximum atomic E-state index is 12.6. The zero-order chi connectivity index (χ0) is 17.2. The standard InChI is InChI=1S/C19H26N4O2/c24-18(22-8-2-1-3-9-22)15-6-10-23(11-7-15)19(25)16-12-20-17(21-13-16)14-4-5-14/h12-15H,1-11H2. The quantitative estimate of drug-likeness (QED) is 0.845. The summed E-state index contributed by atoms with van der Waals surface area (Å²) >= 11 is 0. The zero-order valence-corrected chi connectivity index (χ0v) is 14.7. The fourth-order valence-electron chi connectivity index (χ4n) is 3.89. The molecule has 134 valence electrons. The van der Waals surface area contributed by atoms with Gasteiger partial charge in [0.1, 0.15) is 5.82 Å². The molecule has 25 heavy (non-hydrogen) atoms. The van der Waals surface area contributed by atoms with Crippen molar-refractivity contribution in [3.8, 4) is 0 Å². The average molecular weight is 342 g/mol. The van der Waals surface area contributed by atoms with E-state index in [0.29, 0.717) is 30.5 Å². The van der Waals surface area contributed by atoms with Crippen molar-refractivity contribution in [1.82, 2.24) is 19.8 Å². The number of piperidine rings is 2. The first-order valence-corrected chi connectivity index (χ1v) is 9.62. The van der Waals surface area contributed by atoms with Crippen LogP contribution in [0, 0.1) is 5.92 Å². The minimum atomic E-state index is -0.00813. The van der Waals surface area contributed by atoms with Gasteiger partial charge in [-0.2, -0.15) is 0 Å². The summed E-state index contributed by atoms with van der Waals surface area (Å²) in [6.07, 6.45) is 10.7. The van der Waals surface area contributed by atoms with Gasteiger partial charge < -0.3 is 9.80 Å². The third-order valence-electron chi connectivity index (χ3n) is 5.66. The van der Waals surface area contributed by atoms with Crippen LogP contribution in [0.3, 0.4) is 0 Å². The molecule has 0 radical (unpaired) electrons. The lowest BCUT2D eigenvalue weighted by atomic mass is 9.94. The van der Waals surface area contributed by atoms with E-state index in [-0.39, 0.29) is 11.8 Å². The van der Waals surface area contributed by atoms with Gasteiger partial charge >= 0.3 is 0 Å². The minimum absolute atomic E-state index is 0.00813. The Morgan fingerprint density at radius 3 is 2.08 bits per heavy atom. The Balaban J connectivity index is 1.31. The number of amides is 2.